The average Bonchev–Trinajstić information content (AvgIpc) is 2.55. The third kappa shape index (κ3) is 0.906. The maximum absolute atomic E-state index is 5.36. The van der Waals surface area contributed by atoms with Gasteiger partial charge in [-0.3, -0.25) is 0 Å². The Balaban J connectivity index is 2.29. The van der Waals surface area contributed by atoms with Crippen molar-refractivity contribution in [3.05, 3.63) is 24.7 Å². The highest BCUT2D eigenvalue weighted by molar-refractivity contribution is 4.92. The summed E-state index contributed by atoms with van der Waals surface area (Å²) in [6.45, 7) is 1.97. The van der Waals surface area contributed by atoms with E-state index in [-0.39, 0.29) is 5.72 Å². The van der Waals surface area contributed by atoms with Crippen LogP contribution in [-0.2, 0) is 10.5 Å². The first-order chi connectivity index (χ1) is 5.31. The molecule has 11 heavy (non-hydrogen) atoms. The Morgan fingerprint density at radius 1 is 1.64 bits per heavy atom. The van der Waals surface area contributed by atoms with Gasteiger partial charge in [-0.05, 0) is 13.0 Å². The van der Waals surface area contributed by atoms with E-state index in [1.165, 1.54) is 0 Å². The van der Waals surface area contributed by atoms with Gasteiger partial charge in [0.05, 0.1) is 12.5 Å². The lowest BCUT2D eigenvalue weighted by Gasteiger charge is -2.22. The average molecular weight is 151 g/mol. The second kappa shape index (κ2) is 2.08. The molecule has 0 N–H and O–H groups in total. The van der Waals surface area contributed by atoms with E-state index >= 15 is 0 Å². The van der Waals surface area contributed by atoms with E-state index in [0.717, 1.165) is 6.42 Å². The molecule has 0 aromatic carbocycles. The zero-order valence-electron chi connectivity index (χ0n) is 6.27. The fraction of sp³-hybridized carbons (Fsp3) is 0.429. The van der Waals surface area contributed by atoms with Crippen molar-refractivity contribution in [1.82, 2.24) is 15.0 Å². The molecule has 0 bridgehead atoms. The Labute approximate surface area is 64.5 Å². The molecule has 58 valence electrons. The van der Waals surface area contributed by atoms with Crippen LogP contribution in [0.4, 0.5) is 0 Å². The van der Waals surface area contributed by atoms with Crippen molar-refractivity contribution in [2.75, 3.05) is 0 Å². The second-order valence-electron chi connectivity index (χ2n) is 2.72. The molecule has 0 saturated heterocycles. The number of nitrogens with zero attached hydrogens (tertiary/aromatic N) is 3. The quantitative estimate of drug-likeness (QED) is 0.598. The molecule has 0 spiro atoms. The maximum Gasteiger partial charge on any atom is 0.203 e. The molecule has 1 unspecified atom stereocenters. The maximum atomic E-state index is 5.36. The molecule has 0 radical (unpaired) electrons. The minimum Gasteiger partial charge on any atom is -0.474 e. The molecule has 4 heteroatoms. The Hall–Kier alpha value is -1.32. The van der Waals surface area contributed by atoms with Gasteiger partial charge in [0.2, 0.25) is 5.72 Å². The molecule has 1 aromatic rings. The third-order valence-corrected chi connectivity index (χ3v) is 1.82. The highest BCUT2D eigenvalue weighted by Crippen LogP contribution is 2.26. The number of hydrogen-bond acceptors (Lipinski definition) is 3. The van der Waals surface area contributed by atoms with Crippen LogP contribution in [0.1, 0.15) is 13.3 Å². The molecule has 2 rings (SSSR count). The van der Waals surface area contributed by atoms with E-state index in [4.69, 9.17) is 4.74 Å². The van der Waals surface area contributed by atoms with Gasteiger partial charge < -0.3 is 4.74 Å². The predicted octanol–water partition coefficient (Wildman–Crippen LogP) is 0.885. The summed E-state index contributed by atoms with van der Waals surface area (Å²) in [6.07, 6.45) is 7.96. The summed E-state index contributed by atoms with van der Waals surface area (Å²) in [5, 5.41) is 7.59. The summed E-state index contributed by atoms with van der Waals surface area (Å²) < 4.78 is 7.08. The van der Waals surface area contributed by atoms with Crippen LogP contribution in [-0.4, -0.2) is 15.0 Å². The van der Waals surface area contributed by atoms with E-state index in [9.17, 15) is 0 Å². The van der Waals surface area contributed by atoms with E-state index in [1.807, 2.05) is 13.0 Å². The first-order valence-corrected chi connectivity index (χ1v) is 3.51. The van der Waals surface area contributed by atoms with Crippen LogP contribution in [0.5, 0.6) is 0 Å². The van der Waals surface area contributed by atoms with Gasteiger partial charge in [-0.2, -0.15) is 0 Å². The van der Waals surface area contributed by atoms with Crippen LogP contribution >= 0.6 is 0 Å². The van der Waals surface area contributed by atoms with E-state index in [1.54, 1.807) is 23.3 Å². The van der Waals surface area contributed by atoms with E-state index in [0.29, 0.717) is 0 Å². The summed E-state index contributed by atoms with van der Waals surface area (Å²) >= 11 is 0. The van der Waals surface area contributed by atoms with Crippen LogP contribution in [0.3, 0.4) is 0 Å². The molecule has 1 aromatic heterocycles. The van der Waals surface area contributed by atoms with Gasteiger partial charge in [0.25, 0.3) is 0 Å². The first-order valence-electron chi connectivity index (χ1n) is 3.51. The van der Waals surface area contributed by atoms with Gasteiger partial charge >= 0.3 is 0 Å². The summed E-state index contributed by atoms with van der Waals surface area (Å²) in [6, 6.07) is 0. The van der Waals surface area contributed by atoms with Crippen molar-refractivity contribution < 1.29 is 4.74 Å². The van der Waals surface area contributed by atoms with Crippen molar-refractivity contribution in [2.45, 2.75) is 19.1 Å². The van der Waals surface area contributed by atoms with Gasteiger partial charge in [0, 0.05) is 12.6 Å². The van der Waals surface area contributed by atoms with E-state index in [2.05, 4.69) is 10.3 Å². The Bertz CT molecular complexity index is 257. The molecule has 0 saturated carbocycles. The molecule has 0 aliphatic carbocycles. The molecular weight excluding hydrogens is 142 g/mol. The molecule has 1 aliphatic rings. The predicted molar refractivity (Wildman–Crippen MR) is 38.5 cm³/mol. The number of aromatic nitrogens is 3. The lowest BCUT2D eigenvalue weighted by atomic mass is 10.2. The standard InChI is InChI=1S/C7H9N3O/c1-7(3-2-6-11-7)10-5-4-8-9-10/h2,4-6H,3H2,1H3. The largest absolute Gasteiger partial charge is 0.474 e. The molecule has 1 aliphatic heterocycles. The van der Waals surface area contributed by atoms with Crippen LogP contribution in [0.2, 0.25) is 0 Å². The van der Waals surface area contributed by atoms with Gasteiger partial charge in [0.1, 0.15) is 0 Å². The Morgan fingerprint density at radius 3 is 3.09 bits per heavy atom. The van der Waals surface area contributed by atoms with Crippen molar-refractivity contribution in [3.63, 3.8) is 0 Å². The first kappa shape index (κ1) is 6.39. The smallest absolute Gasteiger partial charge is 0.203 e. The molecule has 2 heterocycles. The van der Waals surface area contributed by atoms with Gasteiger partial charge in [-0.25, -0.2) is 4.68 Å². The van der Waals surface area contributed by atoms with Crippen LogP contribution in [0.25, 0.3) is 0 Å². The minimum atomic E-state index is -0.351. The molecular formula is C7H9N3O. The normalized spacial score (nSPS) is 28.8. The summed E-state index contributed by atoms with van der Waals surface area (Å²) in [5.74, 6) is 0. The third-order valence-electron chi connectivity index (χ3n) is 1.82. The highest BCUT2D eigenvalue weighted by atomic mass is 16.5. The van der Waals surface area contributed by atoms with Crippen LogP contribution in [0.15, 0.2) is 24.7 Å². The van der Waals surface area contributed by atoms with Crippen LogP contribution in [0, 0.1) is 0 Å². The molecule has 1 atom stereocenters. The topological polar surface area (TPSA) is 39.9 Å². The lowest BCUT2D eigenvalue weighted by molar-refractivity contribution is -0.0242. The van der Waals surface area contributed by atoms with Crippen molar-refractivity contribution >= 4 is 0 Å². The zero-order valence-corrected chi connectivity index (χ0v) is 6.27. The number of ether oxygens (including phenoxy) is 1. The van der Waals surface area contributed by atoms with Crippen LogP contribution < -0.4 is 0 Å². The zero-order chi connectivity index (χ0) is 7.73. The number of rotatable bonds is 1. The SMILES string of the molecule is CC1(n2ccnn2)CC=CO1. The van der Waals surface area contributed by atoms with E-state index < -0.39 is 0 Å². The molecule has 4 nitrogen and oxygen atoms in total. The van der Waals surface area contributed by atoms with Crippen molar-refractivity contribution in [2.24, 2.45) is 0 Å². The van der Waals surface area contributed by atoms with Gasteiger partial charge in [0.15, 0.2) is 0 Å². The summed E-state index contributed by atoms with van der Waals surface area (Å²) in [4.78, 5) is 0. The summed E-state index contributed by atoms with van der Waals surface area (Å²) in [5.41, 5.74) is -0.351. The fourth-order valence-electron chi connectivity index (χ4n) is 1.12. The fourth-order valence-corrected chi connectivity index (χ4v) is 1.12. The van der Waals surface area contributed by atoms with Crippen molar-refractivity contribution in [1.29, 1.82) is 0 Å². The molecule has 0 amide bonds. The monoisotopic (exact) mass is 151 g/mol. The minimum absolute atomic E-state index is 0.351. The summed E-state index contributed by atoms with van der Waals surface area (Å²) in [7, 11) is 0. The van der Waals surface area contributed by atoms with Crippen molar-refractivity contribution in [3.8, 4) is 0 Å². The lowest BCUT2D eigenvalue weighted by Crippen LogP contribution is -2.29. The van der Waals surface area contributed by atoms with Gasteiger partial charge in [-0.15, -0.1) is 5.10 Å². The Kier molecular flexibility index (Phi) is 1.21. The molecule has 0 fully saturated rings. The number of hydrogen-bond donors (Lipinski definition) is 0. The second-order valence-corrected chi connectivity index (χ2v) is 2.72. The highest BCUT2D eigenvalue weighted by Gasteiger charge is 2.29. The van der Waals surface area contributed by atoms with Gasteiger partial charge in [-0.1, -0.05) is 5.21 Å². The Morgan fingerprint density at radius 2 is 2.55 bits per heavy atom.